The molecule has 8 rings (SSSR count). The first-order valence-electron chi connectivity index (χ1n) is 19.2. The number of nitrogens with two attached hydrogens (primary N) is 1. The number of carboxylic acids is 1. The Morgan fingerprint density at radius 2 is 1.15 bits per heavy atom. The molecule has 4 atom stereocenters. The number of alkyl halides is 4. The van der Waals surface area contributed by atoms with E-state index in [1.54, 1.807) is 45.9 Å². The van der Waals surface area contributed by atoms with Crippen molar-refractivity contribution in [2.45, 2.75) is 78.6 Å². The third-order valence-electron chi connectivity index (χ3n) is 11.0. The topological polar surface area (TPSA) is 194 Å². The summed E-state index contributed by atoms with van der Waals surface area (Å²) in [6, 6.07) is 8.10. The molecule has 0 aliphatic carbocycles. The number of ether oxygens (including phenoxy) is 4. The van der Waals surface area contributed by atoms with Gasteiger partial charge in [0.15, 0.2) is 11.6 Å². The Kier molecular flexibility index (Phi) is 11.7. The van der Waals surface area contributed by atoms with Gasteiger partial charge in [0, 0.05) is 5.92 Å². The second-order valence-corrected chi connectivity index (χ2v) is 15.0. The van der Waals surface area contributed by atoms with Crippen molar-refractivity contribution in [1.29, 1.82) is 0 Å². The average molecular weight is 842 g/mol. The molecule has 2 saturated heterocycles. The van der Waals surface area contributed by atoms with Crippen LogP contribution in [0.1, 0.15) is 36.4 Å². The van der Waals surface area contributed by atoms with E-state index in [4.69, 9.17) is 29.8 Å². The average Bonchev–Trinajstić information content (AvgIpc) is 3.88. The van der Waals surface area contributed by atoms with E-state index in [9.17, 15) is 36.7 Å². The summed E-state index contributed by atoms with van der Waals surface area (Å²) in [6.07, 6.45) is -6.36. The smallest absolute Gasteiger partial charge is 0.416 e. The monoisotopic (exact) mass is 841 g/mol. The highest BCUT2D eigenvalue weighted by molar-refractivity contribution is 5.91. The molecular weight excluding hydrogens is 798 g/mol. The van der Waals surface area contributed by atoms with Crippen LogP contribution < -0.4 is 25.0 Å². The maximum Gasteiger partial charge on any atom is 0.416 e. The number of fused-ring (bicyclic) bond motifs is 6. The van der Waals surface area contributed by atoms with Gasteiger partial charge in [-0.3, -0.25) is 9.59 Å². The second-order valence-electron chi connectivity index (χ2n) is 15.0. The van der Waals surface area contributed by atoms with Crippen molar-refractivity contribution in [3.8, 4) is 34.3 Å². The summed E-state index contributed by atoms with van der Waals surface area (Å²) in [7, 11) is 0. The maximum absolute atomic E-state index is 13.4. The first-order chi connectivity index (χ1) is 28.5. The Labute approximate surface area is 340 Å². The number of carbonyl (C=O) groups is 4. The van der Waals surface area contributed by atoms with Crippen LogP contribution >= 0.6 is 0 Å². The fraction of sp³-hybridized carbons (Fsp3) is 0.450. The summed E-state index contributed by atoms with van der Waals surface area (Å²) in [6.45, 7) is 7.59. The largest absolute Gasteiger partial charge is 0.491 e. The van der Waals surface area contributed by atoms with Gasteiger partial charge in [-0.1, -0.05) is 26.0 Å². The van der Waals surface area contributed by atoms with Gasteiger partial charge in [-0.15, -0.1) is 0 Å². The number of imidazole rings is 2. The van der Waals surface area contributed by atoms with Crippen LogP contribution in [0.2, 0.25) is 0 Å². The zero-order valence-corrected chi connectivity index (χ0v) is 33.1. The molecule has 0 bridgehead atoms. The van der Waals surface area contributed by atoms with Crippen LogP contribution in [0, 0.1) is 25.7 Å². The number of carboxylic acid groups (broad SMARTS) is 1. The predicted molar refractivity (Wildman–Crippen MR) is 206 cm³/mol. The number of benzene rings is 2. The number of anilines is 2. The fourth-order valence-corrected chi connectivity index (χ4v) is 7.57. The third kappa shape index (κ3) is 7.89. The van der Waals surface area contributed by atoms with E-state index in [-0.39, 0.29) is 36.7 Å². The van der Waals surface area contributed by atoms with Crippen molar-refractivity contribution in [2.24, 2.45) is 17.6 Å². The summed E-state index contributed by atoms with van der Waals surface area (Å²) in [5.74, 6) is 0.322. The molecule has 320 valence electrons. The van der Waals surface area contributed by atoms with E-state index in [0.717, 1.165) is 20.9 Å². The van der Waals surface area contributed by atoms with Crippen LogP contribution in [0.5, 0.6) is 11.5 Å². The lowest BCUT2D eigenvalue weighted by Crippen LogP contribution is -2.39. The van der Waals surface area contributed by atoms with Crippen LogP contribution in [-0.2, 0) is 45.0 Å². The highest BCUT2D eigenvalue weighted by Crippen LogP contribution is 2.40. The number of amides is 3. The second kappa shape index (κ2) is 16.7. The summed E-state index contributed by atoms with van der Waals surface area (Å²) in [5, 5.41) is 9.14. The van der Waals surface area contributed by atoms with Crippen molar-refractivity contribution in [1.82, 2.24) is 19.1 Å². The molecular formula is C40H43F4N7O9. The summed E-state index contributed by atoms with van der Waals surface area (Å²) >= 11 is 0. The molecule has 20 heteroatoms. The lowest BCUT2D eigenvalue weighted by molar-refractivity contribution is -0.141. The normalized spacial score (nSPS) is 19.0. The molecule has 0 spiro atoms. The van der Waals surface area contributed by atoms with E-state index in [2.05, 4.69) is 9.97 Å². The zero-order chi connectivity index (χ0) is 43.2. The number of hydrogen-bond acceptors (Lipinski definition) is 10. The van der Waals surface area contributed by atoms with Crippen LogP contribution in [0.25, 0.3) is 22.8 Å². The summed E-state index contributed by atoms with van der Waals surface area (Å²) in [4.78, 5) is 57.7. The van der Waals surface area contributed by atoms with Crippen LogP contribution in [0.15, 0.2) is 36.4 Å². The maximum atomic E-state index is 13.4. The Bertz CT molecular complexity index is 2170. The van der Waals surface area contributed by atoms with Gasteiger partial charge in [0.05, 0.1) is 41.5 Å². The van der Waals surface area contributed by atoms with Crippen LogP contribution in [0.3, 0.4) is 0 Å². The predicted octanol–water partition coefficient (Wildman–Crippen LogP) is 5.61. The standard InChI is InChI=1S/C20H22F2N4O4.C20H21F2N3O5/c1-10(17(23)27)7-12-3-4-13-15(8-12)29-6-5-25-11(2)18(24-19(13)25)26-14(16(21)22)9-30-20(26)28;1-10(19(26)27)7-12-3-4-13-15(8-12)29-6-5-24-11(2)17(23-18(13)24)25-14(16(21)22)9-30-20(25)28/h3-4,8,10,14,16H,5-7,9H2,1-2H3,(H2,23,27);3-4,8,10,14,16H,5-7,9H2,1-2H3,(H,26,27)/t2*10-,14+/m11/s1. The molecule has 6 heterocycles. The molecule has 3 N–H and O–H groups in total. The van der Waals surface area contributed by atoms with Crippen molar-refractivity contribution < 1.29 is 60.8 Å². The third-order valence-corrected chi connectivity index (χ3v) is 11.0. The van der Waals surface area contributed by atoms with Gasteiger partial charge in [-0.2, -0.15) is 0 Å². The van der Waals surface area contributed by atoms with Crippen LogP contribution in [-0.4, -0.2) is 99.6 Å². The number of primary amides is 1. The molecule has 3 amide bonds. The number of nitrogens with zero attached hydrogens (tertiary/aromatic N) is 6. The number of aliphatic carboxylic acids is 1. The molecule has 60 heavy (non-hydrogen) atoms. The first-order valence-corrected chi connectivity index (χ1v) is 19.2. The molecule has 4 aromatic rings. The van der Waals surface area contributed by atoms with Gasteiger partial charge < -0.3 is 38.9 Å². The lowest BCUT2D eigenvalue weighted by Gasteiger charge is -2.19. The molecule has 0 radical (unpaired) electrons. The first kappa shape index (κ1) is 41.8. The van der Waals surface area contributed by atoms with E-state index >= 15 is 0 Å². The molecule has 2 aromatic heterocycles. The van der Waals surface area contributed by atoms with Gasteiger partial charge >= 0.3 is 18.2 Å². The fourth-order valence-electron chi connectivity index (χ4n) is 7.57. The minimum Gasteiger partial charge on any atom is -0.491 e. The van der Waals surface area contributed by atoms with Crippen molar-refractivity contribution in [3.05, 3.63) is 58.9 Å². The number of carbonyl (C=O) groups excluding carboxylic acids is 3. The number of hydrogen-bond donors (Lipinski definition) is 2. The van der Waals surface area contributed by atoms with Crippen LogP contribution in [0.4, 0.5) is 38.8 Å². The number of rotatable bonds is 10. The summed E-state index contributed by atoms with van der Waals surface area (Å²) in [5.41, 5.74) is 9.52. The molecule has 4 aliphatic heterocycles. The van der Waals surface area contributed by atoms with Gasteiger partial charge in [0.1, 0.15) is 61.7 Å². The van der Waals surface area contributed by atoms with Crippen molar-refractivity contribution >= 4 is 35.7 Å². The Morgan fingerprint density at radius 3 is 1.53 bits per heavy atom. The quantitative estimate of drug-likeness (QED) is 0.189. The van der Waals surface area contributed by atoms with E-state index < -0.39 is 49.0 Å². The van der Waals surface area contributed by atoms with E-state index in [0.29, 0.717) is 84.8 Å². The minimum atomic E-state index is -2.76. The lowest BCUT2D eigenvalue weighted by atomic mass is 9.99. The SMILES string of the molecule is Cc1c(N2C(=O)OC[C@H]2C(F)F)nc2n1CCOc1cc(C[C@@H](C)C(=O)O)ccc1-2.Cc1c(N2C(=O)OC[C@H]2C(F)F)nc2n1CCOc1cc(C[C@@H](C)C(N)=O)ccc1-2. The zero-order valence-electron chi connectivity index (χ0n) is 33.1. The number of cyclic esters (lactones) is 2. The van der Waals surface area contributed by atoms with Gasteiger partial charge in [0.2, 0.25) is 5.91 Å². The molecule has 0 saturated carbocycles. The molecule has 4 aliphatic rings. The van der Waals surface area contributed by atoms with Crippen molar-refractivity contribution in [2.75, 3.05) is 36.2 Å². The molecule has 0 unspecified atom stereocenters. The van der Waals surface area contributed by atoms with Crippen molar-refractivity contribution in [3.63, 3.8) is 0 Å². The van der Waals surface area contributed by atoms with Gasteiger partial charge in [-0.05, 0) is 62.1 Å². The Balaban J connectivity index is 0.000000181. The minimum absolute atomic E-state index is 0.147. The highest BCUT2D eigenvalue weighted by Gasteiger charge is 2.44. The Hall–Kier alpha value is -6.34. The van der Waals surface area contributed by atoms with E-state index in [1.165, 1.54) is 0 Å². The Morgan fingerprint density at radius 1 is 0.733 bits per heavy atom. The van der Waals surface area contributed by atoms with Gasteiger partial charge in [-0.25, -0.2) is 46.9 Å². The van der Waals surface area contributed by atoms with E-state index in [1.807, 2.05) is 27.3 Å². The number of halogens is 4. The molecule has 16 nitrogen and oxygen atoms in total. The molecule has 2 aromatic carbocycles. The molecule has 2 fully saturated rings. The van der Waals surface area contributed by atoms with Gasteiger partial charge in [0.25, 0.3) is 12.9 Å². The number of aromatic nitrogens is 4. The summed E-state index contributed by atoms with van der Waals surface area (Å²) < 4.78 is 78.7. The highest BCUT2D eigenvalue weighted by atomic mass is 19.3.